The second-order valence-corrected chi connectivity index (χ2v) is 4.20. The highest BCUT2D eigenvalue weighted by molar-refractivity contribution is 6.19. The first kappa shape index (κ1) is 13.0. The molecule has 2 rings (SSSR count). The molecule has 0 aliphatic heterocycles. The third-order valence-corrected chi connectivity index (χ3v) is 2.94. The summed E-state index contributed by atoms with van der Waals surface area (Å²) in [5.74, 6) is -0.624. The zero-order chi connectivity index (χ0) is 14.2. The molecule has 0 aliphatic rings. The van der Waals surface area contributed by atoms with E-state index in [2.05, 4.69) is 16.4 Å². The van der Waals surface area contributed by atoms with Gasteiger partial charge in [0.2, 0.25) is 0 Å². The molecule has 0 amide bonds. The number of pyridine rings is 1. The Bertz CT molecular complexity index is 698. The number of fused-ring (bicyclic) bond motifs is 1. The van der Waals surface area contributed by atoms with Crippen molar-refractivity contribution in [3.05, 3.63) is 41.7 Å². The number of hydrogen-bond donors (Lipinski definition) is 0. The molecule has 5 heteroatoms. The number of carbonyl (C=O) groups excluding carboxylic acids is 2. The first-order chi connectivity index (χ1) is 8.97. The van der Waals surface area contributed by atoms with Crippen LogP contribution in [0, 0.1) is 6.92 Å². The van der Waals surface area contributed by atoms with Crippen molar-refractivity contribution >= 4 is 22.8 Å². The van der Waals surface area contributed by atoms with Gasteiger partial charge < -0.3 is 4.74 Å². The third kappa shape index (κ3) is 2.03. The van der Waals surface area contributed by atoms with Gasteiger partial charge >= 0.3 is 5.97 Å². The van der Waals surface area contributed by atoms with Gasteiger partial charge in [-0.05, 0) is 26.0 Å². The van der Waals surface area contributed by atoms with Crippen LogP contribution < -0.4 is 0 Å². The van der Waals surface area contributed by atoms with Crippen molar-refractivity contribution in [1.82, 2.24) is 9.61 Å². The smallest absolute Gasteiger partial charge is 0.337 e. The minimum atomic E-state index is -0.531. The van der Waals surface area contributed by atoms with Crippen LogP contribution >= 0.6 is 0 Å². The fourth-order valence-corrected chi connectivity index (χ4v) is 2.08. The number of carbonyl (C=O) groups is 2. The summed E-state index contributed by atoms with van der Waals surface area (Å²) in [4.78, 5) is 23.3. The lowest BCUT2D eigenvalue weighted by Crippen LogP contribution is -2.05. The van der Waals surface area contributed by atoms with Gasteiger partial charge in [0.1, 0.15) is 0 Å². The van der Waals surface area contributed by atoms with E-state index in [0.717, 1.165) is 0 Å². The van der Waals surface area contributed by atoms with Crippen LogP contribution in [-0.4, -0.2) is 28.5 Å². The van der Waals surface area contributed by atoms with E-state index < -0.39 is 5.97 Å². The van der Waals surface area contributed by atoms with Crippen LogP contribution in [0.4, 0.5) is 0 Å². The van der Waals surface area contributed by atoms with Crippen molar-refractivity contribution in [1.29, 1.82) is 0 Å². The Morgan fingerprint density at radius 2 is 2.11 bits per heavy atom. The molecule has 0 fully saturated rings. The predicted molar refractivity (Wildman–Crippen MR) is 71.0 cm³/mol. The number of methoxy groups -OCH3 is 1. The first-order valence-corrected chi connectivity index (χ1v) is 5.73. The largest absolute Gasteiger partial charge is 0.465 e. The van der Waals surface area contributed by atoms with E-state index in [9.17, 15) is 9.59 Å². The summed E-state index contributed by atoms with van der Waals surface area (Å²) in [7, 11) is 1.29. The Kier molecular flexibility index (Phi) is 3.21. The zero-order valence-corrected chi connectivity index (χ0v) is 11.1. The average Bonchev–Trinajstić information content (AvgIpc) is 2.72. The number of aryl methyl sites for hydroxylation is 1. The lowest BCUT2D eigenvalue weighted by atomic mass is 10.0. The fraction of sp³-hybridized carbons (Fsp3) is 0.214. The topological polar surface area (TPSA) is 60.7 Å². The molecule has 19 heavy (non-hydrogen) atoms. The first-order valence-electron chi connectivity index (χ1n) is 5.73. The number of aromatic nitrogens is 2. The second-order valence-electron chi connectivity index (χ2n) is 4.20. The van der Waals surface area contributed by atoms with E-state index in [4.69, 9.17) is 0 Å². The average molecular weight is 258 g/mol. The fourth-order valence-electron chi connectivity index (χ4n) is 2.08. The molecule has 0 saturated heterocycles. The number of nitrogens with zero attached hydrogens (tertiary/aromatic N) is 2. The molecule has 2 aromatic heterocycles. The van der Waals surface area contributed by atoms with Crippen LogP contribution in [0.15, 0.2) is 24.9 Å². The Hall–Kier alpha value is -2.43. The number of hydrogen-bond acceptors (Lipinski definition) is 4. The normalized spacial score (nSPS) is 10.5. The summed E-state index contributed by atoms with van der Waals surface area (Å²) < 4.78 is 6.26. The van der Waals surface area contributed by atoms with Crippen LogP contribution in [0.3, 0.4) is 0 Å². The van der Waals surface area contributed by atoms with Gasteiger partial charge in [0.05, 0.1) is 23.9 Å². The molecule has 2 aromatic rings. The summed E-state index contributed by atoms with van der Waals surface area (Å²) in [5, 5.41) is 4.29. The Morgan fingerprint density at radius 3 is 2.68 bits per heavy atom. The van der Waals surface area contributed by atoms with Crippen molar-refractivity contribution in [3.63, 3.8) is 0 Å². The zero-order valence-electron chi connectivity index (χ0n) is 11.1. The Balaban J connectivity index is 2.80. The van der Waals surface area contributed by atoms with Gasteiger partial charge in [-0.1, -0.05) is 6.58 Å². The number of esters is 1. The summed E-state index contributed by atoms with van der Waals surface area (Å²) in [6.07, 6.45) is 1.73. The maximum atomic E-state index is 11.7. The van der Waals surface area contributed by atoms with Gasteiger partial charge in [-0.2, -0.15) is 5.10 Å². The van der Waals surface area contributed by atoms with Gasteiger partial charge in [-0.3, -0.25) is 4.79 Å². The Labute approximate surface area is 110 Å². The van der Waals surface area contributed by atoms with Gasteiger partial charge in [-0.25, -0.2) is 9.31 Å². The third-order valence-electron chi connectivity index (χ3n) is 2.94. The van der Waals surface area contributed by atoms with Crippen LogP contribution in [0.5, 0.6) is 0 Å². The maximum Gasteiger partial charge on any atom is 0.337 e. The standard InChI is InChI=1S/C14H14N2O3/c1-8(14(18)19-4)12-9(2)15-16-7-5-6-11(10(3)17)13(12)16/h5-7H,1H2,2-4H3. The molecule has 0 N–H and O–H groups in total. The van der Waals surface area contributed by atoms with Gasteiger partial charge in [0.25, 0.3) is 0 Å². The van der Waals surface area contributed by atoms with Crippen molar-refractivity contribution in [3.8, 4) is 0 Å². The molecule has 0 aliphatic carbocycles. The van der Waals surface area contributed by atoms with Gasteiger partial charge in [-0.15, -0.1) is 0 Å². The maximum absolute atomic E-state index is 11.7. The molecule has 0 spiro atoms. The number of ether oxygens (including phenoxy) is 1. The van der Waals surface area contributed by atoms with Gasteiger partial charge in [0.15, 0.2) is 5.78 Å². The lowest BCUT2D eigenvalue weighted by molar-refractivity contribution is -0.133. The molecule has 0 radical (unpaired) electrons. The highest BCUT2D eigenvalue weighted by atomic mass is 16.5. The van der Waals surface area contributed by atoms with Crippen molar-refractivity contribution in [2.45, 2.75) is 13.8 Å². The van der Waals surface area contributed by atoms with E-state index in [1.54, 1.807) is 29.8 Å². The second kappa shape index (κ2) is 4.68. The molecule has 0 saturated carbocycles. The van der Waals surface area contributed by atoms with Crippen molar-refractivity contribution in [2.24, 2.45) is 0 Å². The summed E-state index contributed by atoms with van der Waals surface area (Å²) in [6.45, 7) is 6.98. The van der Waals surface area contributed by atoms with Gasteiger partial charge in [0, 0.05) is 17.3 Å². The molecule has 98 valence electrons. The monoisotopic (exact) mass is 258 g/mol. The van der Waals surface area contributed by atoms with E-state index in [-0.39, 0.29) is 11.4 Å². The summed E-state index contributed by atoms with van der Waals surface area (Å²) >= 11 is 0. The SMILES string of the molecule is C=C(C(=O)OC)c1c(C)nn2cccc(C(C)=O)c12. The van der Waals surface area contributed by atoms with Crippen molar-refractivity contribution in [2.75, 3.05) is 7.11 Å². The molecule has 2 heterocycles. The molecule has 0 bridgehead atoms. The molecule has 0 unspecified atom stereocenters. The van der Waals surface area contributed by atoms with E-state index >= 15 is 0 Å². The highest BCUT2D eigenvalue weighted by Gasteiger charge is 2.21. The highest BCUT2D eigenvalue weighted by Crippen LogP contribution is 2.26. The summed E-state index contributed by atoms with van der Waals surface area (Å²) in [5.41, 5.74) is 2.47. The van der Waals surface area contributed by atoms with E-state index in [1.807, 2.05) is 0 Å². The lowest BCUT2D eigenvalue weighted by Gasteiger charge is -2.05. The van der Waals surface area contributed by atoms with Crippen LogP contribution in [0.2, 0.25) is 0 Å². The minimum absolute atomic E-state index is 0.0931. The van der Waals surface area contributed by atoms with Crippen LogP contribution in [0.25, 0.3) is 11.1 Å². The number of Topliss-reactive ketones (excluding diaryl/α,β-unsaturated/α-hetero) is 1. The van der Waals surface area contributed by atoms with E-state index in [0.29, 0.717) is 22.3 Å². The Morgan fingerprint density at radius 1 is 1.42 bits per heavy atom. The van der Waals surface area contributed by atoms with Crippen LogP contribution in [0.1, 0.15) is 28.5 Å². The quantitative estimate of drug-likeness (QED) is 0.480. The molecular weight excluding hydrogens is 244 g/mol. The molecule has 0 atom stereocenters. The van der Waals surface area contributed by atoms with E-state index in [1.165, 1.54) is 14.0 Å². The number of rotatable bonds is 3. The van der Waals surface area contributed by atoms with Crippen molar-refractivity contribution < 1.29 is 14.3 Å². The number of ketones is 1. The molecular formula is C14H14N2O3. The summed E-state index contributed by atoms with van der Waals surface area (Å²) in [6, 6.07) is 3.44. The van der Waals surface area contributed by atoms with Crippen LogP contribution in [-0.2, 0) is 9.53 Å². The molecule has 0 aromatic carbocycles. The minimum Gasteiger partial charge on any atom is -0.465 e. The predicted octanol–water partition coefficient (Wildman–Crippen LogP) is 2.03. The molecule has 5 nitrogen and oxygen atoms in total.